The third-order valence-electron chi connectivity index (χ3n) is 2.24. The number of aromatic carboxylic acids is 1. The summed E-state index contributed by atoms with van der Waals surface area (Å²) >= 11 is 0. The molecule has 2 rings (SSSR count). The van der Waals surface area contributed by atoms with Gasteiger partial charge in [-0.1, -0.05) is 18.2 Å². The Morgan fingerprint density at radius 3 is 2.61 bits per heavy atom. The van der Waals surface area contributed by atoms with Gasteiger partial charge in [0.25, 0.3) is 0 Å². The molecule has 1 heterocycles. The maximum atomic E-state index is 11.6. The number of anilines is 1. The van der Waals surface area contributed by atoms with Crippen molar-refractivity contribution in [1.82, 2.24) is 9.78 Å². The zero-order valence-electron chi connectivity index (χ0n) is 9.41. The molecule has 1 amide bonds. The smallest absolute Gasteiger partial charge is 0.338 e. The molecule has 18 heavy (non-hydrogen) atoms. The lowest BCUT2D eigenvalue weighted by Gasteiger charge is -2.04. The van der Waals surface area contributed by atoms with Gasteiger partial charge in [0, 0.05) is 11.9 Å². The highest BCUT2D eigenvalue weighted by Gasteiger charge is 2.08. The summed E-state index contributed by atoms with van der Waals surface area (Å²) in [5, 5.41) is 15.2. The van der Waals surface area contributed by atoms with Crippen LogP contribution in [0, 0.1) is 0 Å². The minimum absolute atomic E-state index is 0.0256. The number of hydrogen-bond acceptors (Lipinski definition) is 3. The number of aromatic nitrogens is 2. The number of hydrogen-bond donors (Lipinski definition) is 2. The van der Waals surface area contributed by atoms with Crippen molar-refractivity contribution >= 4 is 17.6 Å². The molecule has 2 N–H and O–H groups in total. The highest BCUT2D eigenvalue weighted by molar-refractivity contribution is 5.90. The molecule has 0 radical (unpaired) electrons. The van der Waals surface area contributed by atoms with E-state index < -0.39 is 5.97 Å². The Labute approximate surface area is 103 Å². The first-order valence-electron chi connectivity index (χ1n) is 5.26. The van der Waals surface area contributed by atoms with Crippen LogP contribution in [-0.4, -0.2) is 26.8 Å². The van der Waals surface area contributed by atoms with Crippen molar-refractivity contribution in [2.45, 2.75) is 6.54 Å². The zero-order chi connectivity index (χ0) is 13.0. The summed E-state index contributed by atoms with van der Waals surface area (Å²) in [6, 6.07) is 9.01. The van der Waals surface area contributed by atoms with E-state index in [0.29, 0.717) is 5.69 Å². The van der Waals surface area contributed by atoms with Crippen molar-refractivity contribution in [3.05, 3.63) is 48.3 Å². The molecule has 6 nitrogen and oxygen atoms in total. The van der Waals surface area contributed by atoms with Gasteiger partial charge in [-0.25, -0.2) is 4.79 Å². The van der Waals surface area contributed by atoms with Crippen molar-refractivity contribution in [3.8, 4) is 0 Å². The lowest BCUT2D eigenvalue weighted by atomic mass is 10.3. The molecule has 0 atom stereocenters. The van der Waals surface area contributed by atoms with Crippen molar-refractivity contribution in [1.29, 1.82) is 0 Å². The number of nitrogens with one attached hydrogen (secondary N) is 1. The SMILES string of the molecule is O=C(Cn1cc(C(=O)O)cn1)Nc1ccccc1. The van der Waals surface area contributed by atoms with Crippen LogP contribution in [0.3, 0.4) is 0 Å². The highest BCUT2D eigenvalue weighted by atomic mass is 16.4. The van der Waals surface area contributed by atoms with Crippen LogP contribution in [0.15, 0.2) is 42.7 Å². The van der Waals surface area contributed by atoms with E-state index in [2.05, 4.69) is 10.4 Å². The number of rotatable bonds is 4. The summed E-state index contributed by atoms with van der Waals surface area (Å²) in [5.41, 5.74) is 0.746. The van der Waals surface area contributed by atoms with E-state index >= 15 is 0 Å². The van der Waals surface area contributed by atoms with Crippen LogP contribution in [0.1, 0.15) is 10.4 Å². The Morgan fingerprint density at radius 2 is 2.00 bits per heavy atom. The summed E-state index contributed by atoms with van der Waals surface area (Å²) in [5.74, 6) is -1.33. The van der Waals surface area contributed by atoms with Crippen LogP contribution in [0.2, 0.25) is 0 Å². The molecule has 0 aliphatic heterocycles. The maximum Gasteiger partial charge on any atom is 0.338 e. The fourth-order valence-electron chi connectivity index (χ4n) is 1.43. The fraction of sp³-hybridized carbons (Fsp3) is 0.0833. The first-order valence-corrected chi connectivity index (χ1v) is 5.26. The predicted molar refractivity (Wildman–Crippen MR) is 64.3 cm³/mol. The summed E-state index contributed by atoms with van der Waals surface area (Å²) in [6.07, 6.45) is 2.52. The Balaban J connectivity index is 1.97. The van der Waals surface area contributed by atoms with Crippen LogP contribution in [0.5, 0.6) is 0 Å². The maximum absolute atomic E-state index is 11.6. The average molecular weight is 245 g/mol. The number of para-hydroxylation sites is 1. The molecule has 92 valence electrons. The number of carboxylic acids is 1. The standard InChI is InChI=1S/C12H11N3O3/c16-11(14-10-4-2-1-3-5-10)8-15-7-9(6-13-15)12(17)18/h1-7H,8H2,(H,14,16)(H,17,18). The van der Waals surface area contributed by atoms with Gasteiger partial charge in [-0.2, -0.15) is 5.10 Å². The van der Waals surface area contributed by atoms with Gasteiger partial charge in [-0.3, -0.25) is 9.48 Å². The highest BCUT2D eigenvalue weighted by Crippen LogP contribution is 2.05. The normalized spacial score (nSPS) is 10.0. The molecule has 0 bridgehead atoms. The number of amides is 1. The van der Waals surface area contributed by atoms with E-state index in [1.165, 1.54) is 17.1 Å². The van der Waals surface area contributed by atoms with Crippen LogP contribution in [0.25, 0.3) is 0 Å². The van der Waals surface area contributed by atoms with Crippen LogP contribution in [-0.2, 0) is 11.3 Å². The summed E-state index contributed by atoms with van der Waals surface area (Å²) < 4.78 is 1.28. The molecule has 0 saturated heterocycles. The van der Waals surface area contributed by atoms with E-state index in [1.807, 2.05) is 18.2 Å². The fourth-order valence-corrected chi connectivity index (χ4v) is 1.43. The lowest BCUT2D eigenvalue weighted by molar-refractivity contribution is -0.116. The molecular weight excluding hydrogens is 234 g/mol. The van der Waals surface area contributed by atoms with Crippen molar-refractivity contribution < 1.29 is 14.7 Å². The molecule has 6 heteroatoms. The molecule has 0 aliphatic carbocycles. The Bertz CT molecular complexity index is 563. The summed E-state index contributed by atoms with van der Waals surface area (Å²) in [4.78, 5) is 22.3. The Hall–Kier alpha value is -2.63. The monoisotopic (exact) mass is 245 g/mol. The van der Waals surface area contributed by atoms with Crippen LogP contribution < -0.4 is 5.32 Å². The van der Waals surface area contributed by atoms with Gasteiger partial charge < -0.3 is 10.4 Å². The molecular formula is C12H11N3O3. The van der Waals surface area contributed by atoms with Gasteiger partial charge >= 0.3 is 5.97 Å². The summed E-state index contributed by atoms with van der Waals surface area (Å²) in [6.45, 7) is -0.0256. The van der Waals surface area contributed by atoms with Gasteiger partial charge in [-0.05, 0) is 12.1 Å². The van der Waals surface area contributed by atoms with E-state index in [-0.39, 0.29) is 18.0 Å². The molecule has 1 aromatic carbocycles. The first kappa shape index (κ1) is 11.8. The Morgan fingerprint density at radius 1 is 1.28 bits per heavy atom. The van der Waals surface area contributed by atoms with E-state index in [4.69, 9.17) is 5.11 Å². The quantitative estimate of drug-likeness (QED) is 0.848. The van der Waals surface area contributed by atoms with Crippen LogP contribution >= 0.6 is 0 Å². The number of nitrogens with zero attached hydrogens (tertiary/aromatic N) is 2. The second-order valence-electron chi connectivity index (χ2n) is 3.65. The van der Waals surface area contributed by atoms with Gasteiger partial charge in [0.1, 0.15) is 6.54 Å². The van der Waals surface area contributed by atoms with Crippen LogP contribution in [0.4, 0.5) is 5.69 Å². The van der Waals surface area contributed by atoms with E-state index in [9.17, 15) is 9.59 Å². The third-order valence-corrected chi connectivity index (χ3v) is 2.24. The van der Waals surface area contributed by atoms with Crippen molar-refractivity contribution in [3.63, 3.8) is 0 Å². The molecule has 0 fully saturated rings. The topological polar surface area (TPSA) is 84.2 Å². The molecule has 0 spiro atoms. The first-order chi connectivity index (χ1) is 8.65. The predicted octanol–water partition coefficient (Wildman–Crippen LogP) is 1.22. The number of benzene rings is 1. The molecule has 2 aromatic rings. The number of carbonyl (C=O) groups excluding carboxylic acids is 1. The number of carboxylic acid groups (broad SMARTS) is 1. The largest absolute Gasteiger partial charge is 0.478 e. The van der Waals surface area contributed by atoms with Gasteiger partial charge in [0.2, 0.25) is 5.91 Å². The molecule has 0 unspecified atom stereocenters. The van der Waals surface area contributed by atoms with E-state index in [0.717, 1.165) is 0 Å². The van der Waals surface area contributed by atoms with Gasteiger partial charge in [0.15, 0.2) is 0 Å². The van der Waals surface area contributed by atoms with Crippen molar-refractivity contribution in [2.24, 2.45) is 0 Å². The third kappa shape index (κ3) is 2.94. The zero-order valence-corrected chi connectivity index (χ0v) is 9.41. The molecule has 1 aromatic heterocycles. The minimum atomic E-state index is -1.07. The lowest BCUT2D eigenvalue weighted by Crippen LogP contribution is -2.18. The van der Waals surface area contributed by atoms with Gasteiger partial charge in [0.05, 0.1) is 11.8 Å². The number of carbonyl (C=O) groups is 2. The molecule has 0 saturated carbocycles. The molecule has 0 aliphatic rings. The van der Waals surface area contributed by atoms with Crippen molar-refractivity contribution in [2.75, 3.05) is 5.32 Å². The summed E-state index contributed by atoms with van der Waals surface area (Å²) in [7, 11) is 0. The Kier molecular flexibility index (Phi) is 3.38. The minimum Gasteiger partial charge on any atom is -0.478 e. The van der Waals surface area contributed by atoms with Gasteiger partial charge in [-0.15, -0.1) is 0 Å². The average Bonchev–Trinajstić information content (AvgIpc) is 2.78. The van der Waals surface area contributed by atoms with E-state index in [1.54, 1.807) is 12.1 Å². The second-order valence-corrected chi connectivity index (χ2v) is 3.65. The second kappa shape index (κ2) is 5.13.